The number of hydrogen-bond acceptors (Lipinski definition) is 2. The fourth-order valence-electron chi connectivity index (χ4n) is 2.30. The summed E-state index contributed by atoms with van der Waals surface area (Å²) in [4.78, 5) is 23.0. The second kappa shape index (κ2) is 4.96. The number of Topliss-reactive ketones (excluding diaryl/α,β-unsaturated/α-hetero) is 2. The van der Waals surface area contributed by atoms with Gasteiger partial charge in [-0.05, 0) is 12.8 Å². The number of alkyl halides is 2. The van der Waals surface area contributed by atoms with Crippen molar-refractivity contribution >= 4 is 11.6 Å². The standard InChI is InChI=1S/C14H14F2O2/c15-14(16,11-7-4-8-12(17)9-11)13(18)10-5-2-1-3-6-10/h1-3,5-6,11H,4,7-9H2. The fourth-order valence-corrected chi connectivity index (χ4v) is 2.30. The minimum atomic E-state index is -3.45. The van der Waals surface area contributed by atoms with Crippen molar-refractivity contribution in [3.05, 3.63) is 35.9 Å². The molecule has 1 aliphatic rings. The van der Waals surface area contributed by atoms with Crippen LogP contribution in [0.2, 0.25) is 0 Å². The highest BCUT2D eigenvalue weighted by Gasteiger charge is 2.48. The number of carbonyl (C=O) groups excluding carboxylic acids is 2. The summed E-state index contributed by atoms with van der Waals surface area (Å²) >= 11 is 0. The Labute approximate surface area is 104 Å². The number of hydrogen-bond donors (Lipinski definition) is 0. The lowest BCUT2D eigenvalue weighted by atomic mass is 9.81. The molecule has 4 heteroatoms. The molecule has 2 rings (SSSR count). The number of carbonyl (C=O) groups is 2. The van der Waals surface area contributed by atoms with Gasteiger partial charge in [-0.25, -0.2) is 0 Å². The molecule has 0 heterocycles. The smallest absolute Gasteiger partial charge is 0.300 e. The van der Waals surface area contributed by atoms with Gasteiger partial charge in [-0.2, -0.15) is 8.78 Å². The quantitative estimate of drug-likeness (QED) is 0.774. The van der Waals surface area contributed by atoms with Crippen molar-refractivity contribution in [1.29, 1.82) is 0 Å². The van der Waals surface area contributed by atoms with Gasteiger partial charge in [0.25, 0.3) is 0 Å². The molecule has 1 fully saturated rings. The molecule has 0 saturated heterocycles. The van der Waals surface area contributed by atoms with E-state index in [0.717, 1.165) is 0 Å². The molecule has 0 radical (unpaired) electrons. The minimum absolute atomic E-state index is 0.000484. The molecule has 0 amide bonds. The Hall–Kier alpha value is -1.58. The van der Waals surface area contributed by atoms with E-state index in [4.69, 9.17) is 0 Å². The van der Waals surface area contributed by atoms with E-state index < -0.39 is 17.6 Å². The zero-order valence-corrected chi connectivity index (χ0v) is 9.86. The van der Waals surface area contributed by atoms with Crippen molar-refractivity contribution in [2.75, 3.05) is 0 Å². The Morgan fingerprint density at radius 2 is 1.89 bits per heavy atom. The predicted octanol–water partition coefficient (Wildman–Crippen LogP) is 3.26. The zero-order chi connectivity index (χ0) is 13.2. The van der Waals surface area contributed by atoms with E-state index in [-0.39, 0.29) is 24.2 Å². The lowest BCUT2D eigenvalue weighted by Crippen LogP contribution is -2.40. The van der Waals surface area contributed by atoms with E-state index in [1.807, 2.05) is 0 Å². The van der Waals surface area contributed by atoms with Gasteiger partial charge >= 0.3 is 5.92 Å². The second-order valence-corrected chi connectivity index (χ2v) is 4.65. The largest absolute Gasteiger partial charge is 0.312 e. The van der Waals surface area contributed by atoms with Gasteiger partial charge < -0.3 is 0 Å². The van der Waals surface area contributed by atoms with Crippen LogP contribution >= 0.6 is 0 Å². The lowest BCUT2D eigenvalue weighted by Gasteiger charge is -2.28. The molecule has 1 aromatic carbocycles. The van der Waals surface area contributed by atoms with E-state index in [1.165, 1.54) is 12.1 Å². The molecule has 1 aromatic rings. The van der Waals surface area contributed by atoms with E-state index >= 15 is 0 Å². The maximum absolute atomic E-state index is 14.1. The van der Waals surface area contributed by atoms with Crippen LogP contribution in [0.3, 0.4) is 0 Å². The highest BCUT2D eigenvalue weighted by molar-refractivity contribution is 6.01. The Morgan fingerprint density at radius 3 is 2.50 bits per heavy atom. The predicted molar refractivity (Wildman–Crippen MR) is 62.7 cm³/mol. The van der Waals surface area contributed by atoms with Crippen molar-refractivity contribution < 1.29 is 18.4 Å². The first-order valence-electron chi connectivity index (χ1n) is 6.01. The van der Waals surface area contributed by atoms with Crippen molar-refractivity contribution in [2.45, 2.75) is 31.6 Å². The molecule has 0 bridgehead atoms. The number of ketones is 2. The summed E-state index contributed by atoms with van der Waals surface area (Å²) < 4.78 is 28.1. The number of benzene rings is 1. The summed E-state index contributed by atoms with van der Waals surface area (Å²) in [6, 6.07) is 7.52. The number of halogens is 2. The molecule has 0 spiro atoms. The normalized spacial score (nSPS) is 20.8. The van der Waals surface area contributed by atoms with Crippen LogP contribution in [0.15, 0.2) is 30.3 Å². The van der Waals surface area contributed by atoms with Crippen LogP contribution in [0.1, 0.15) is 36.0 Å². The van der Waals surface area contributed by atoms with Gasteiger partial charge in [0.2, 0.25) is 5.78 Å². The first-order valence-corrected chi connectivity index (χ1v) is 6.01. The fraction of sp³-hybridized carbons (Fsp3) is 0.429. The van der Waals surface area contributed by atoms with Crippen LogP contribution in [0, 0.1) is 5.92 Å². The monoisotopic (exact) mass is 252 g/mol. The Bertz CT molecular complexity index is 454. The highest BCUT2D eigenvalue weighted by Crippen LogP contribution is 2.37. The molecule has 0 aliphatic heterocycles. The van der Waals surface area contributed by atoms with Crippen molar-refractivity contribution in [2.24, 2.45) is 5.92 Å². The maximum atomic E-state index is 14.1. The van der Waals surface area contributed by atoms with E-state index in [0.29, 0.717) is 12.8 Å². The average molecular weight is 252 g/mol. The maximum Gasteiger partial charge on any atom is 0.312 e. The number of rotatable bonds is 3. The highest BCUT2D eigenvalue weighted by atomic mass is 19.3. The molecule has 2 nitrogen and oxygen atoms in total. The molecule has 0 N–H and O–H groups in total. The van der Waals surface area contributed by atoms with Gasteiger partial charge in [0.1, 0.15) is 5.78 Å². The van der Waals surface area contributed by atoms with E-state index in [1.54, 1.807) is 18.2 Å². The molecule has 96 valence electrons. The summed E-state index contributed by atoms with van der Waals surface area (Å²) in [7, 11) is 0. The Morgan fingerprint density at radius 1 is 1.22 bits per heavy atom. The van der Waals surface area contributed by atoms with Crippen molar-refractivity contribution in [1.82, 2.24) is 0 Å². The third-order valence-electron chi connectivity index (χ3n) is 3.33. The topological polar surface area (TPSA) is 34.1 Å². The van der Waals surface area contributed by atoms with Gasteiger partial charge in [-0.15, -0.1) is 0 Å². The molecular weight excluding hydrogens is 238 g/mol. The third kappa shape index (κ3) is 2.47. The summed E-state index contributed by atoms with van der Waals surface area (Å²) in [5.74, 6) is -5.95. The zero-order valence-electron chi connectivity index (χ0n) is 9.86. The first-order chi connectivity index (χ1) is 8.51. The van der Waals surface area contributed by atoms with E-state index in [2.05, 4.69) is 0 Å². The van der Waals surface area contributed by atoms with Gasteiger partial charge in [-0.3, -0.25) is 9.59 Å². The van der Waals surface area contributed by atoms with Gasteiger partial charge in [0.05, 0.1) is 0 Å². The van der Waals surface area contributed by atoms with Crippen LogP contribution in [0.4, 0.5) is 8.78 Å². The molecule has 1 saturated carbocycles. The molecule has 0 aromatic heterocycles. The summed E-state index contributed by atoms with van der Waals surface area (Å²) in [6.07, 6.45) is 0.843. The van der Waals surface area contributed by atoms with Gasteiger partial charge in [0, 0.05) is 24.3 Å². The van der Waals surface area contributed by atoms with Gasteiger partial charge in [0.15, 0.2) is 0 Å². The summed E-state index contributed by atoms with van der Waals surface area (Å²) in [5.41, 5.74) is 0.000484. The summed E-state index contributed by atoms with van der Waals surface area (Å²) in [5, 5.41) is 0. The van der Waals surface area contributed by atoms with Crippen LogP contribution in [-0.2, 0) is 4.79 Å². The molecule has 1 unspecified atom stereocenters. The van der Waals surface area contributed by atoms with Crippen LogP contribution in [-0.4, -0.2) is 17.5 Å². The SMILES string of the molecule is O=C1CCCC(C(F)(F)C(=O)c2ccccc2)C1. The van der Waals surface area contributed by atoms with Gasteiger partial charge in [-0.1, -0.05) is 30.3 Å². The molecule has 1 atom stereocenters. The molecule has 1 aliphatic carbocycles. The van der Waals surface area contributed by atoms with Crippen LogP contribution < -0.4 is 0 Å². The van der Waals surface area contributed by atoms with Crippen molar-refractivity contribution in [3.63, 3.8) is 0 Å². The lowest BCUT2D eigenvalue weighted by molar-refractivity contribution is -0.126. The average Bonchev–Trinajstić information content (AvgIpc) is 2.39. The molecule has 18 heavy (non-hydrogen) atoms. The second-order valence-electron chi connectivity index (χ2n) is 4.65. The Kier molecular flexibility index (Phi) is 3.55. The van der Waals surface area contributed by atoms with E-state index in [9.17, 15) is 18.4 Å². The van der Waals surface area contributed by atoms with Crippen LogP contribution in [0.25, 0.3) is 0 Å². The molecular formula is C14H14F2O2. The van der Waals surface area contributed by atoms with Crippen molar-refractivity contribution in [3.8, 4) is 0 Å². The third-order valence-corrected chi connectivity index (χ3v) is 3.33. The van der Waals surface area contributed by atoms with Crippen LogP contribution in [0.5, 0.6) is 0 Å². The minimum Gasteiger partial charge on any atom is -0.300 e. The Balaban J connectivity index is 2.20. The summed E-state index contributed by atoms with van der Waals surface area (Å²) in [6.45, 7) is 0. The first kappa shape index (κ1) is 12.9.